The summed E-state index contributed by atoms with van der Waals surface area (Å²) in [6, 6.07) is 4.81. The van der Waals surface area contributed by atoms with Gasteiger partial charge in [0.1, 0.15) is 12.3 Å². The first-order valence-electron chi connectivity index (χ1n) is 10.4. The third-order valence-corrected chi connectivity index (χ3v) is 7.01. The quantitative estimate of drug-likeness (QED) is 0.643. The molecule has 162 valence electrons. The lowest BCUT2D eigenvalue weighted by molar-refractivity contribution is -0.152. The molecule has 1 aromatic carbocycles. The van der Waals surface area contributed by atoms with Crippen molar-refractivity contribution >= 4 is 35.1 Å². The van der Waals surface area contributed by atoms with E-state index in [-0.39, 0.29) is 17.9 Å². The van der Waals surface area contributed by atoms with Gasteiger partial charge in [-0.25, -0.2) is 0 Å². The first-order valence-corrected chi connectivity index (χ1v) is 10.8. The lowest BCUT2D eigenvalue weighted by Gasteiger charge is -2.55. The van der Waals surface area contributed by atoms with Gasteiger partial charge in [-0.3, -0.25) is 14.4 Å². The molecule has 2 N–H and O–H groups in total. The maximum Gasteiger partial charge on any atom is 0.325 e. The van der Waals surface area contributed by atoms with Crippen LogP contribution in [0.3, 0.4) is 0 Å². The van der Waals surface area contributed by atoms with Crippen LogP contribution in [0.2, 0.25) is 5.02 Å². The fourth-order valence-corrected chi connectivity index (χ4v) is 6.12. The Balaban J connectivity index is 1.21. The molecule has 2 amide bonds. The van der Waals surface area contributed by atoms with E-state index in [0.29, 0.717) is 34.2 Å². The van der Waals surface area contributed by atoms with Crippen LogP contribution in [0, 0.1) is 23.2 Å². The second kappa shape index (κ2) is 8.46. The van der Waals surface area contributed by atoms with Gasteiger partial charge in [0.2, 0.25) is 5.91 Å². The first-order chi connectivity index (χ1) is 14.4. The number of ether oxygens (including phenoxy) is 2. The Hall–Kier alpha value is -2.28. The summed E-state index contributed by atoms with van der Waals surface area (Å²) in [4.78, 5) is 36.9. The van der Waals surface area contributed by atoms with E-state index in [0.717, 1.165) is 19.3 Å². The van der Waals surface area contributed by atoms with Crippen molar-refractivity contribution in [3.63, 3.8) is 0 Å². The summed E-state index contributed by atoms with van der Waals surface area (Å²) in [6.07, 6.45) is 6.57. The minimum absolute atomic E-state index is 0.0316. The molecule has 0 aromatic heterocycles. The summed E-state index contributed by atoms with van der Waals surface area (Å²) in [6.45, 7) is -0.655. The Labute approximate surface area is 180 Å². The van der Waals surface area contributed by atoms with E-state index >= 15 is 0 Å². The summed E-state index contributed by atoms with van der Waals surface area (Å²) in [5.41, 5.74) is 0.164. The summed E-state index contributed by atoms with van der Waals surface area (Å²) < 4.78 is 10.1. The van der Waals surface area contributed by atoms with Gasteiger partial charge in [0, 0.05) is 11.1 Å². The molecule has 8 heteroatoms. The lowest BCUT2D eigenvalue weighted by atomic mass is 9.49. The molecule has 4 bridgehead atoms. The topological polar surface area (TPSA) is 93.7 Å². The van der Waals surface area contributed by atoms with Crippen molar-refractivity contribution in [2.45, 2.75) is 38.5 Å². The molecule has 0 radical (unpaired) electrons. The largest absolute Gasteiger partial charge is 0.495 e. The maximum absolute atomic E-state index is 12.8. The Morgan fingerprint density at radius 3 is 2.30 bits per heavy atom. The molecule has 4 aliphatic rings. The van der Waals surface area contributed by atoms with Gasteiger partial charge in [-0.2, -0.15) is 0 Å². The predicted molar refractivity (Wildman–Crippen MR) is 111 cm³/mol. The van der Waals surface area contributed by atoms with Crippen molar-refractivity contribution < 1.29 is 23.9 Å². The zero-order chi connectivity index (χ0) is 21.3. The predicted octanol–water partition coefficient (Wildman–Crippen LogP) is 3.16. The van der Waals surface area contributed by atoms with E-state index in [1.54, 1.807) is 18.2 Å². The van der Waals surface area contributed by atoms with Crippen molar-refractivity contribution in [2.75, 3.05) is 25.6 Å². The van der Waals surface area contributed by atoms with Crippen LogP contribution in [-0.4, -0.2) is 38.0 Å². The van der Waals surface area contributed by atoms with E-state index in [2.05, 4.69) is 10.6 Å². The summed E-state index contributed by atoms with van der Waals surface area (Å²) in [5.74, 6) is 1.32. The molecule has 0 saturated heterocycles. The van der Waals surface area contributed by atoms with Gasteiger partial charge in [0.15, 0.2) is 6.61 Å². The maximum atomic E-state index is 12.8. The number of nitrogens with one attached hydrogen (secondary N) is 2. The van der Waals surface area contributed by atoms with Gasteiger partial charge in [-0.1, -0.05) is 11.6 Å². The number of benzene rings is 1. The van der Waals surface area contributed by atoms with Gasteiger partial charge in [0.05, 0.1) is 12.1 Å². The van der Waals surface area contributed by atoms with Crippen LogP contribution in [0.25, 0.3) is 0 Å². The summed E-state index contributed by atoms with van der Waals surface area (Å²) in [7, 11) is 1.50. The number of carbonyl (C=O) groups excluding carboxylic acids is 3. The molecule has 0 spiro atoms. The zero-order valence-corrected chi connectivity index (χ0v) is 17.8. The minimum atomic E-state index is -0.629. The highest BCUT2D eigenvalue weighted by Gasteiger charge is 2.54. The van der Waals surface area contributed by atoms with E-state index in [4.69, 9.17) is 21.1 Å². The van der Waals surface area contributed by atoms with E-state index < -0.39 is 18.5 Å². The average molecular weight is 435 g/mol. The van der Waals surface area contributed by atoms with Gasteiger partial charge in [-0.15, -0.1) is 0 Å². The van der Waals surface area contributed by atoms with Gasteiger partial charge < -0.3 is 20.1 Å². The smallest absolute Gasteiger partial charge is 0.325 e. The molecule has 30 heavy (non-hydrogen) atoms. The third-order valence-electron chi connectivity index (χ3n) is 6.71. The molecule has 0 atom stereocenters. The fourth-order valence-electron chi connectivity index (χ4n) is 5.87. The number of halogens is 1. The van der Waals surface area contributed by atoms with Gasteiger partial charge in [-0.05, 0) is 74.5 Å². The Morgan fingerprint density at radius 1 is 1.10 bits per heavy atom. The van der Waals surface area contributed by atoms with Crippen LogP contribution in [-0.2, 0) is 19.1 Å². The lowest BCUT2D eigenvalue weighted by Crippen LogP contribution is -2.54. The normalized spacial score (nSPS) is 28.7. The molecule has 4 fully saturated rings. The van der Waals surface area contributed by atoms with E-state index in [1.165, 1.54) is 26.4 Å². The number of amides is 2. The van der Waals surface area contributed by atoms with Crippen LogP contribution >= 0.6 is 11.6 Å². The molecule has 1 aromatic rings. The van der Waals surface area contributed by atoms with Crippen molar-refractivity contribution in [1.82, 2.24) is 5.32 Å². The molecule has 4 saturated carbocycles. The zero-order valence-electron chi connectivity index (χ0n) is 17.0. The highest BCUT2D eigenvalue weighted by molar-refractivity contribution is 6.32. The van der Waals surface area contributed by atoms with Gasteiger partial charge in [0.25, 0.3) is 5.91 Å². The summed E-state index contributed by atoms with van der Waals surface area (Å²) in [5, 5.41) is 5.72. The van der Waals surface area contributed by atoms with Crippen molar-refractivity contribution in [3.05, 3.63) is 23.2 Å². The van der Waals surface area contributed by atoms with Gasteiger partial charge >= 0.3 is 5.97 Å². The second-order valence-electron chi connectivity index (χ2n) is 8.94. The van der Waals surface area contributed by atoms with Crippen molar-refractivity contribution in [1.29, 1.82) is 0 Å². The second-order valence-corrected chi connectivity index (χ2v) is 9.35. The van der Waals surface area contributed by atoms with E-state index in [1.807, 2.05) is 0 Å². The number of esters is 1. The Morgan fingerprint density at radius 2 is 1.73 bits per heavy atom. The standard InChI is InChI=1S/C22H27ClN2O5/c1-29-18-3-2-16(7-17(18)23)25-19(26)12-30-20(27)11-24-21(28)22-8-13-4-14(9-22)6-15(5-13)10-22/h2-3,7,13-15H,4-6,8-12H2,1H3,(H,24,28)(H,25,26). The number of anilines is 1. The molecule has 0 heterocycles. The molecule has 4 aliphatic carbocycles. The molecule has 5 rings (SSSR count). The molecule has 0 unspecified atom stereocenters. The Bertz CT molecular complexity index is 821. The third kappa shape index (κ3) is 4.41. The average Bonchev–Trinajstić information content (AvgIpc) is 2.69. The van der Waals surface area contributed by atoms with Crippen LogP contribution < -0.4 is 15.4 Å². The van der Waals surface area contributed by atoms with Crippen molar-refractivity contribution in [3.8, 4) is 5.75 Å². The monoisotopic (exact) mass is 434 g/mol. The van der Waals surface area contributed by atoms with E-state index in [9.17, 15) is 14.4 Å². The van der Waals surface area contributed by atoms with Crippen LogP contribution in [0.15, 0.2) is 18.2 Å². The number of rotatable bonds is 7. The molecular formula is C22H27ClN2O5. The molecular weight excluding hydrogens is 408 g/mol. The Kier molecular flexibility index (Phi) is 5.91. The summed E-state index contributed by atoms with van der Waals surface area (Å²) >= 11 is 6.02. The van der Waals surface area contributed by atoms with Crippen molar-refractivity contribution in [2.24, 2.45) is 23.2 Å². The van der Waals surface area contributed by atoms with Crippen LogP contribution in [0.4, 0.5) is 5.69 Å². The minimum Gasteiger partial charge on any atom is -0.495 e. The molecule has 0 aliphatic heterocycles. The fraction of sp³-hybridized carbons (Fsp3) is 0.591. The SMILES string of the molecule is COc1ccc(NC(=O)COC(=O)CNC(=O)C23CC4CC(CC(C4)C2)C3)cc1Cl. The van der Waals surface area contributed by atoms with Crippen LogP contribution in [0.5, 0.6) is 5.75 Å². The number of hydrogen-bond acceptors (Lipinski definition) is 5. The highest BCUT2D eigenvalue weighted by atomic mass is 35.5. The number of methoxy groups -OCH3 is 1. The number of carbonyl (C=O) groups is 3. The number of hydrogen-bond donors (Lipinski definition) is 2. The van der Waals surface area contributed by atoms with Crippen LogP contribution in [0.1, 0.15) is 38.5 Å². The molecule has 7 nitrogen and oxygen atoms in total. The first kappa shape index (κ1) is 21.0. The highest BCUT2D eigenvalue weighted by Crippen LogP contribution is 2.60.